The summed E-state index contributed by atoms with van der Waals surface area (Å²) in [4.78, 5) is 24.7. The number of amides is 4. The van der Waals surface area contributed by atoms with E-state index >= 15 is 0 Å². The Bertz CT molecular complexity index is 579. The SMILES string of the molecule is N#Cc1ccc(NC(=O)N2CCC[C@H](CNC(N)=O)C2)cc1. The van der Waals surface area contributed by atoms with Crippen molar-refractivity contribution in [3.8, 4) is 6.07 Å². The molecule has 0 saturated carbocycles. The van der Waals surface area contributed by atoms with E-state index in [2.05, 4.69) is 10.6 Å². The Hall–Kier alpha value is -2.75. The quantitative estimate of drug-likeness (QED) is 0.786. The van der Waals surface area contributed by atoms with Crippen LogP contribution in [0.5, 0.6) is 0 Å². The Kier molecular flexibility index (Phi) is 5.20. The van der Waals surface area contributed by atoms with Gasteiger partial charge < -0.3 is 21.3 Å². The maximum absolute atomic E-state index is 12.2. The first-order valence-electron chi connectivity index (χ1n) is 7.18. The largest absolute Gasteiger partial charge is 0.352 e. The van der Waals surface area contributed by atoms with Gasteiger partial charge >= 0.3 is 12.1 Å². The molecular formula is C15H19N5O2. The molecule has 1 aromatic rings. The summed E-state index contributed by atoms with van der Waals surface area (Å²) >= 11 is 0. The Morgan fingerprint density at radius 2 is 2.09 bits per heavy atom. The number of carbonyl (C=O) groups excluding carboxylic acids is 2. The maximum Gasteiger partial charge on any atom is 0.321 e. The van der Waals surface area contributed by atoms with E-state index in [0.717, 1.165) is 12.8 Å². The summed E-state index contributed by atoms with van der Waals surface area (Å²) in [5.74, 6) is 0.216. The van der Waals surface area contributed by atoms with Crippen LogP contribution in [0.3, 0.4) is 0 Å². The van der Waals surface area contributed by atoms with Gasteiger partial charge in [-0.15, -0.1) is 0 Å². The molecule has 116 valence electrons. The van der Waals surface area contributed by atoms with Crippen LogP contribution in [0.1, 0.15) is 18.4 Å². The fraction of sp³-hybridized carbons (Fsp3) is 0.400. The van der Waals surface area contributed by atoms with E-state index < -0.39 is 6.03 Å². The molecule has 0 aliphatic carbocycles. The van der Waals surface area contributed by atoms with Crippen LogP contribution in [0.4, 0.5) is 15.3 Å². The standard InChI is InChI=1S/C15H19N5O2/c16-8-11-3-5-13(6-4-11)19-15(22)20-7-1-2-12(10-20)9-18-14(17)21/h3-6,12H,1-2,7,9-10H2,(H,19,22)(H3,17,18,21)/t12-/m1/s1. The molecule has 1 aromatic carbocycles. The van der Waals surface area contributed by atoms with E-state index in [4.69, 9.17) is 11.0 Å². The molecule has 1 heterocycles. The molecule has 0 spiro atoms. The van der Waals surface area contributed by atoms with Crippen molar-refractivity contribution in [3.63, 3.8) is 0 Å². The third-order valence-electron chi connectivity index (χ3n) is 3.64. The zero-order valence-corrected chi connectivity index (χ0v) is 12.2. The number of likely N-dealkylation sites (tertiary alicyclic amines) is 1. The molecule has 1 atom stereocenters. The second-order valence-electron chi connectivity index (χ2n) is 5.32. The summed E-state index contributed by atoms with van der Waals surface area (Å²) in [6.45, 7) is 1.76. The molecule has 1 aliphatic heterocycles. The van der Waals surface area contributed by atoms with E-state index in [1.165, 1.54) is 0 Å². The first-order valence-corrected chi connectivity index (χ1v) is 7.18. The molecule has 0 unspecified atom stereocenters. The Morgan fingerprint density at radius 3 is 2.73 bits per heavy atom. The van der Waals surface area contributed by atoms with Gasteiger partial charge in [-0.25, -0.2) is 9.59 Å². The number of hydrogen-bond donors (Lipinski definition) is 3. The highest BCUT2D eigenvalue weighted by Crippen LogP contribution is 2.17. The van der Waals surface area contributed by atoms with Gasteiger partial charge in [-0.1, -0.05) is 0 Å². The van der Waals surface area contributed by atoms with Crippen LogP contribution >= 0.6 is 0 Å². The molecule has 4 N–H and O–H groups in total. The number of primary amides is 1. The number of nitriles is 1. The molecule has 0 bridgehead atoms. The number of hydrogen-bond acceptors (Lipinski definition) is 3. The number of anilines is 1. The van der Waals surface area contributed by atoms with Gasteiger partial charge in [-0.3, -0.25) is 0 Å². The predicted molar refractivity (Wildman–Crippen MR) is 82.1 cm³/mol. The lowest BCUT2D eigenvalue weighted by molar-refractivity contribution is 0.176. The second-order valence-corrected chi connectivity index (χ2v) is 5.32. The Balaban J connectivity index is 1.88. The topological polar surface area (TPSA) is 111 Å². The van der Waals surface area contributed by atoms with Gasteiger partial charge in [0, 0.05) is 25.3 Å². The molecule has 2 rings (SSSR count). The second kappa shape index (κ2) is 7.31. The van der Waals surface area contributed by atoms with Crippen molar-refractivity contribution in [1.29, 1.82) is 5.26 Å². The van der Waals surface area contributed by atoms with Crippen molar-refractivity contribution in [1.82, 2.24) is 10.2 Å². The number of urea groups is 2. The van der Waals surface area contributed by atoms with Gasteiger partial charge in [-0.05, 0) is 43.0 Å². The number of piperidine rings is 1. The van der Waals surface area contributed by atoms with Crippen LogP contribution in [0, 0.1) is 17.2 Å². The molecule has 1 saturated heterocycles. The predicted octanol–water partition coefficient (Wildman–Crippen LogP) is 1.47. The monoisotopic (exact) mass is 301 g/mol. The average molecular weight is 301 g/mol. The molecule has 7 nitrogen and oxygen atoms in total. The van der Waals surface area contributed by atoms with Gasteiger partial charge in [-0.2, -0.15) is 5.26 Å². The van der Waals surface area contributed by atoms with Crippen molar-refractivity contribution >= 4 is 17.7 Å². The summed E-state index contributed by atoms with van der Waals surface area (Å²) in [5, 5.41) is 14.1. The highest BCUT2D eigenvalue weighted by atomic mass is 16.2. The first-order chi connectivity index (χ1) is 10.6. The van der Waals surface area contributed by atoms with Crippen molar-refractivity contribution < 1.29 is 9.59 Å². The lowest BCUT2D eigenvalue weighted by Gasteiger charge is -2.32. The van der Waals surface area contributed by atoms with Crippen molar-refractivity contribution in [3.05, 3.63) is 29.8 Å². The Labute approximate surface area is 129 Å². The highest BCUT2D eigenvalue weighted by Gasteiger charge is 2.23. The van der Waals surface area contributed by atoms with Crippen LogP contribution in [0.2, 0.25) is 0 Å². The molecule has 0 aromatic heterocycles. The van der Waals surface area contributed by atoms with Gasteiger partial charge in [0.2, 0.25) is 0 Å². The van der Waals surface area contributed by atoms with Crippen molar-refractivity contribution in [2.75, 3.05) is 25.0 Å². The molecule has 1 fully saturated rings. The lowest BCUT2D eigenvalue weighted by atomic mass is 9.98. The molecule has 1 aliphatic rings. The van der Waals surface area contributed by atoms with Crippen LogP contribution < -0.4 is 16.4 Å². The summed E-state index contributed by atoms with van der Waals surface area (Å²) in [6.07, 6.45) is 1.85. The molecule has 7 heteroatoms. The molecular weight excluding hydrogens is 282 g/mol. The third kappa shape index (κ3) is 4.38. The third-order valence-corrected chi connectivity index (χ3v) is 3.64. The summed E-state index contributed by atoms with van der Waals surface area (Å²) in [6, 6.07) is 8.03. The molecule has 0 radical (unpaired) electrons. The zero-order chi connectivity index (χ0) is 15.9. The smallest absolute Gasteiger partial charge is 0.321 e. The van der Waals surface area contributed by atoms with Gasteiger partial charge in [0.1, 0.15) is 0 Å². The van der Waals surface area contributed by atoms with Gasteiger partial charge in [0.05, 0.1) is 11.6 Å². The normalized spacial score (nSPS) is 17.4. The van der Waals surface area contributed by atoms with Gasteiger partial charge in [0.25, 0.3) is 0 Å². The minimum Gasteiger partial charge on any atom is -0.352 e. The fourth-order valence-corrected chi connectivity index (χ4v) is 2.49. The zero-order valence-electron chi connectivity index (χ0n) is 12.2. The summed E-state index contributed by atoms with van der Waals surface area (Å²) < 4.78 is 0. The highest BCUT2D eigenvalue weighted by molar-refractivity contribution is 5.89. The number of nitrogens with one attached hydrogen (secondary N) is 2. The van der Waals surface area contributed by atoms with E-state index in [1.54, 1.807) is 29.2 Å². The maximum atomic E-state index is 12.2. The van der Waals surface area contributed by atoms with Gasteiger partial charge in [0.15, 0.2) is 0 Å². The minimum atomic E-state index is -0.542. The van der Waals surface area contributed by atoms with E-state index in [9.17, 15) is 9.59 Å². The molecule has 4 amide bonds. The summed E-state index contributed by atoms with van der Waals surface area (Å²) in [5.41, 5.74) is 6.27. The van der Waals surface area contributed by atoms with Crippen LogP contribution in [-0.4, -0.2) is 36.6 Å². The number of rotatable bonds is 3. The Morgan fingerprint density at radius 1 is 1.36 bits per heavy atom. The van der Waals surface area contributed by atoms with E-state index in [0.29, 0.717) is 30.9 Å². The number of nitrogens with zero attached hydrogens (tertiary/aromatic N) is 2. The van der Waals surface area contributed by atoms with E-state index in [-0.39, 0.29) is 11.9 Å². The molecule has 22 heavy (non-hydrogen) atoms. The van der Waals surface area contributed by atoms with E-state index in [1.807, 2.05) is 6.07 Å². The van der Waals surface area contributed by atoms with Crippen molar-refractivity contribution in [2.45, 2.75) is 12.8 Å². The van der Waals surface area contributed by atoms with Crippen molar-refractivity contribution in [2.24, 2.45) is 11.7 Å². The number of carbonyl (C=O) groups is 2. The number of benzene rings is 1. The summed E-state index contributed by atoms with van der Waals surface area (Å²) in [7, 11) is 0. The minimum absolute atomic E-state index is 0.173. The first kappa shape index (κ1) is 15.6. The fourth-order valence-electron chi connectivity index (χ4n) is 2.49. The van der Waals surface area contributed by atoms with Crippen LogP contribution in [-0.2, 0) is 0 Å². The average Bonchev–Trinajstić information content (AvgIpc) is 2.54. The number of nitrogens with two attached hydrogens (primary N) is 1. The van der Waals surface area contributed by atoms with Crippen LogP contribution in [0.25, 0.3) is 0 Å². The lowest BCUT2D eigenvalue weighted by Crippen LogP contribution is -2.46. The van der Waals surface area contributed by atoms with Crippen LogP contribution in [0.15, 0.2) is 24.3 Å².